The molecule has 0 saturated heterocycles. The fourth-order valence-electron chi connectivity index (χ4n) is 2.17. The maximum Gasteiger partial charge on any atom is 0.429 e. The van der Waals surface area contributed by atoms with Gasteiger partial charge in [-0.3, -0.25) is 9.35 Å². The molecular weight excluding hydrogens is 349 g/mol. The lowest BCUT2D eigenvalue weighted by Crippen LogP contribution is -2.51. The van der Waals surface area contributed by atoms with Gasteiger partial charge in [-0.1, -0.05) is 46.0 Å². The summed E-state index contributed by atoms with van der Waals surface area (Å²) in [5, 5.41) is 0. The SMILES string of the molecule is CC(C)CCCCCCCC(=O)OC(C)(CS(=O)(=O)O)C(F)(F)F. The van der Waals surface area contributed by atoms with E-state index in [1.165, 1.54) is 0 Å². The number of hydrogen-bond acceptors (Lipinski definition) is 4. The van der Waals surface area contributed by atoms with Gasteiger partial charge in [-0.15, -0.1) is 0 Å². The number of rotatable bonds is 11. The van der Waals surface area contributed by atoms with Gasteiger partial charge in [0.05, 0.1) is 0 Å². The molecular formula is C15H27F3O5S. The molecule has 0 aromatic heterocycles. The van der Waals surface area contributed by atoms with Gasteiger partial charge in [0.25, 0.3) is 10.1 Å². The monoisotopic (exact) mass is 376 g/mol. The van der Waals surface area contributed by atoms with Gasteiger partial charge in [0, 0.05) is 6.42 Å². The van der Waals surface area contributed by atoms with E-state index in [0.29, 0.717) is 25.7 Å². The number of hydrogen-bond donors (Lipinski definition) is 1. The molecule has 0 amide bonds. The average Bonchev–Trinajstić information content (AvgIpc) is 2.33. The van der Waals surface area contributed by atoms with E-state index in [9.17, 15) is 26.4 Å². The van der Waals surface area contributed by atoms with Gasteiger partial charge in [0.15, 0.2) is 0 Å². The molecule has 1 N–H and O–H groups in total. The van der Waals surface area contributed by atoms with Gasteiger partial charge in [-0.25, -0.2) is 0 Å². The zero-order valence-corrected chi connectivity index (χ0v) is 15.2. The van der Waals surface area contributed by atoms with Gasteiger partial charge in [-0.05, 0) is 19.3 Å². The highest BCUT2D eigenvalue weighted by molar-refractivity contribution is 7.85. The minimum Gasteiger partial charge on any atom is -0.448 e. The molecule has 0 rings (SSSR count). The lowest BCUT2D eigenvalue weighted by molar-refractivity contribution is -0.256. The first-order valence-electron chi connectivity index (χ1n) is 8.00. The van der Waals surface area contributed by atoms with Crippen molar-refractivity contribution in [2.45, 2.75) is 77.5 Å². The maximum atomic E-state index is 12.9. The van der Waals surface area contributed by atoms with Crippen LogP contribution in [-0.4, -0.2) is 36.5 Å². The number of carbonyl (C=O) groups is 1. The van der Waals surface area contributed by atoms with Crippen LogP contribution in [0.5, 0.6) is 0 Å². The summed E-state index contributed by atoms with van der Waals surface area (Å²) in [6.45, 7) is 4.69. The van der Waals surface area contributed by atoms with Crippen molar-refractivity contribution in [3.05, 3.63) is 0 Å². The Balaban J connectivity index is 4.30. The third-order valence-corrected chi connectivity index (χ3v) is 4.47. The summed E-state index contributed by atoms with van der Waals surface area (Å²) < 4.78 is 73.3. The number of alkyl halides is 3. The fraction of sp³-hybridized carbons (Fsp3) is 0.933. The van der Waals surface area contributed by atoms with Crippen molar-refractivity contribution in [3.63, 3.8) is 0 Å². The molecule has 0 saturated carbocycles. The highest BCUT2D eigenvalue weighted by Gasteiger charge is 2.56. The van der Waals surface area contributed by atoms with Crippen LogP contribution >= 0.6 is 0 Å². The molecule has 0 heterocycles. The van der Waals surface area contributed by atoms with E-state index in [1.807, 2.05) is 0 Å². The Hall–Kier alpha value is -0.830. The van der Waals surface area contributed by atoms with Crippen molar-refractivity contribution in [2.24, 2.45) is 5.92 Å². The van der Waals surface area contributed by atoms with Gasteiger partial charge < -0.3 is 4.74 Å². The first-order chi connectivity index (χ1) is 10.8. The first kappa shape index (κ1) is 23.2. The quantitative estimate of drug-likeness (QED) is 0.333. The van der Waals surface area contributed by atoms with Crippen molar-refractivity contribution < 1.29 is 35.7 Å². The molecule has 0 aromatic rings. The number of ether oxygens (including phenoxy) is 1. The summed E-state index contributed by atoms with van der Waals surface area (Å²) in [4.78, 5) is 11.6. The zero-order chi connectivity index (χ0) is 19.0. The molecule has 0 spiro atoms. The summed E-state index contributed by atoms with van der Waals surface area (Å²) in [5.41, 5.74) is -3.26. The molecule has 5 nitrogen and oxygen atoms in total. The fourth-order valence-corrected chi connectivity index (χ4v) is 3.09. The summed E-state index contributed by atoms with van der Waals surface area (Å²) in [5.74, 6) is -2.21. The van der Waals surface area contributed by atoms with Crippen LogP contribution in [0.15, 0.2) is 0 Å². The van der Waals surface area contributed by atoms with Crippen molar-refractivity contribution in [2.75, 3.05) is 5.75 Å². The van der Waals surface area contributed by atoms with E-state index < -0.39 is 33.6 Å². The standard InChI is InChI=1S/C15H27F3O5S/c1-12(2)9-7-5-4-6-8-10-13(19)23-14(3,15(16,17)18)11-24(20,21)22/h12H,4-11H2,1-3H3,(H,20,21,22). The summed E-state index contributed by atoms with van der Waals surface area (Å²) in [6.07, 6.45) is -0.201. The topological polar surface area (TPSA) is 80.7 Å². The van der Waals surface area contributed by atoms with Crippen LogP contribution in [0.3, 0.4) is 0 Å². The number of halogens is 3. The predicted molar refractivity (Wildman–Crippen MR) is 84.1 cm³/mol. The van der Waals surface area contributed by atoms with Gasteiger partial charge in [-0.2, -0.15) is 21.6 Å². The second-order valence-corrected chi connectivity index (χ2v) is 8.08. The number of unbranched alkanes of at least 4 members (excludes halogenated alkanes) is 4. The van der Waals surface area contributed by atoms with Crippen molar-refractivity contribution in [1.82, 2.24) is 0 Å². The van der Waals surface area contributed by atoms with Crippen LogP contribution in [0.2, 0.25) is 0 Å². The lowest BCUT2D eigenvalue weighted by atomic mass is 10.0. The number of esters is 1. The summed E-state index contributed by atoms with van der Waals surface area (Å²) >= 11 is 0. The smallest absolute Gasteiger partial charge is 0.429 e. The highest BCUT2D eigenvalue weighted by atomic mass is 32.2. The van der Waals surface area contributed by atoms with E-state index in [2.05, 4.69) is 18.6 Å². The Labute approximate surface area is 141 Å². The Morgan fingerprint density at radius 2 is 1.58 bits per heavy atom. The first-order valence-corrected chi connectivity index (χ1v) is 9.61. The van der Waals surface area contributed by atoms with E-state index >= 15 is 0 Å². The minimum absolute atomic E-state index is 0.221. The Bertz CT molecular complexity index is 488. The molecule has 144 valence electrons. The zero-order valence-electron chi connectivity index (χ0n) is 14.4. The van der Waals surface area contributed by atoms with Crippen LogP contribution in [0.1, 0.15) is 65.7 Å². The molecule has 1 unspecified atom stereocenters. The predicted octanol–water partition coefficient (Wildman–Crippen LogP) is 4.13. The van der Waals surface area contributed by atoms with Crippen LogP contribution in [-0.2, 0) is 19.6 Å². The van der Waals surface area contributed by atoms with Crippen molar-refractivity contribution in [1.29, 1.82) is 0 Å². The average molecular weight is 376 g/mol. The van der Waals surface area contributed by atoms with Gasteiger partial charge >= 0.3 is 12.1 Å². The minimum atomic E-state index is -5.10. The Morgan fingerprint density at radius 1 is 1.08 bits per heavy atom. The maximum absolute atomic E-state index is 12.9. The molecule has 0 aliphatic rings. The highest BCUT2D eigenvalue weighted by Crippen LogP contribution is 2.35. The Kier molecular flexibility index (Phi) is 9.27. The second kappa shape index (κ2) is 9.60. The largest absolute Gasteiger partial charge is 0.448 e. The third-order valence-electron chi connectivity index (χ3n) is 3.56. The normalized spacial score (nSPS) is 15.3. The van der Waals surface area contributed by atoms with Crippen molar-refractivity contribution in [3.8, 4) is 0 Å². The van der Waals surface area contributed by atoms with E-state index in [-0.39, 0.29) is 6.42 Å². The van der Waals surface area contributed by atoms with Gasteiger partial charge in [0.1, 0.15) is 5.75 Å². The molecule has 0 radical (unpaired) electrons. The van der Waals surface area contributed by atoms with Gasteiger partial charge in [0.2, 0.25) is 5.60 Å². The molecule has 0 aliphatic heterocycles. The van der Waals surface area contributed by atoms with E-state index in [0.717, 1.165) is 25.7 Å². The second-order valence-electron chi connectivity index (χ2n) is 6.63. The van der Waals surface area contributed by atoms with Crippen LogP contribution in [0.4, 0.5) is 13.2 Å². The molecule has 1 atom stereocenters. The lowest BCUT2D eigenvalue weighted by Gasteiger charge is -2.30. The van der Waals surface area contributed by atoms with Crippen molar-refractivity contribution >= 4 is 16.1 Å². The number of carbonyl (C=O) groups excluding carboxylic acids is 1. The van der Waals surface area contributed by atoms with Crippen LogP contribution in [0.25, 0.3) is 0 Å². The molecule has 24 heavy (non-hydrogen) atoms. The molecule has 0 aliphatic carbocycles. The molecule has 0 aromatic carbocycles. The van der Waals surface area contributed by atoms with Crippen LogP contribution in [0, 0.1) is 5.92 Å². The summed E-state index contributed by atoms with van der Waals surface area (Å²) in [7, 11) is -4.95. The molecule has 9 heteroatoms. The molecule has 0 bridgehead atoms. The molecule has 0 fully saturated rings. The van der Waals surface area contributed by atoms with E-state index in [1.54, 1.807) is 0 Å². The Morgan fingerprint density at radius 3 is 2.04 bits per heavy atom. The van der Waals surface area contributed by atoms with Crippen LogP contribution < -0.4 is 0 Å². The third kappa shape index (κ3) is 10.1. The summed E-state index contributed by atoms with van der Waals surface area (Å²) in [6, 6.07) is 0. The van der Waals surface area contributed by atoms with E-state index in [4.69, 9.17) is 4.55 Å².